The molecule has 5 nitrogen and oxygen atoms in total. The molecule has 6 heteroatoms. The Kier molecular flexibility index (Phi) is 6.01. The first-order valence-corrected chi connectivity index (χ1v) is 9.32. The molecule has 0 aliphatic carbocycles. The van der Waals surface area contributed by atoms with Gasteiger partial charge in [0, 0.05) is 11.6 Å². The molecule has 1 aliphatic heterocycles. The number of quaternary nitrogens is 1. The summed E-state index contributed by atoms with van der Waals surface area (Å²) in [6, 6.07) is 14.8. The number of halogens is 1. The second-order valence-corrected chi connectivity index (χ2v) is 7.07. The van der Waals surface area contributed by atoms with Gasteiger partial charge in [0.25, 0.3) is 5.91 Å². The topological polar surface area (TPSA) is 57.0 Å². The van der Waals surface area contributed by atoms with E-state index in [2.05, 4.69) is 10.2 Å². The number of anilines is 1. The highest BCUT2D eigenvalue weighted by molar-refractivity contribution is 6.31. The van der Waals surface area contributed by atoms with Gasteiger partial charge in [0.05, 0.1) is 31.9 Å². The average molecular weight is 375 g/mol. The van der Waals surface area contributed by atoms with Gasteiger partial charge in [-0.3, -0.25) is 4.79 Å². The molecule has 1 saturated heterocycles. The van der Waals surface area contributed by atoms with Crippen molar-refractivity contribution >= 4 is 23.2 Å². The fourth-order valence-corrected chi connectivity index (χ4v) is 3.56. The molecule has 138 valence electrons. The summed E-state index contributed by atoms with van der Waals surface area (Å²) in [5, 5.41) is 13.7. The van der Waals surface area contributed by atoms with Crippen molar-refractivity contribution < 1.29 is 14.8 Å². The molecule has 0 spiro atoms. The van der Waals surface area contributed by atoms with Crippen LogP contribution in [0.3, 0.4) is 0 Å². The molecule has 2 aromatic carbocycles. The highest BCUT2D eigenvalue weighted by atomic mass is 35.5. The summed E-state index contributed by atoms with van der Waals surface area (Å²) >= 11 is 6.14. The number of rotatable bonds is 5. The summed E-state index contributed by atoms with van der Waals surface area (Å²) in [6.07, 6.45) is 0. The van der Waals surface area contributed by atoms with Gasteiger partial charge < -0.3 is 20.2 Å². The molecule has 3 N–H and O–H groups in total. The van der Waals surface area contributed by atoms with E-state index >= 15 is 0 Å². The van der Waals surface area contributed by atoms with E-state index in [-0.39, 0.29) is 11.9 Å². The van der Waals surface area contributed by atoms with Gasteiger partial charge in [0.2, 0.25) is 0 Å². The van der Waals surface area contributed by atoms with E-state index in [1.807, 2.05) is 49.4 Å². The molecule has 1 heterocycles. The molecule has 0 unspecified atom stereocenters. The van der Waals surface area contributed by atoms with E-state index in [0.717, 1.165) is 37.4 Å². The number of piperazine rings is 1. The van der Waals surface area contributed by atoms with Gasteiger partial charge in [-0.15, -0.1) is 0 Å². The Bertz CT molecular complexity index is 760. The summed E-state index contributed by atoms with van der Waals surface area (Å²) in [6.45, 7) is 5.75. The molecule has 2 aromatic rings. The first-order valence-electron chi connectivity index (χ1n) is 8.95. The minimum Gasteiger partial charge on any atom is -0.506 e. The predicted molar refractivity (Wildman–Crippen MR) is 104 cm³/mol. The molecule has 26 heavy (non-hydrogen) atoms. The zero-order chi connectivity index (χ0) is 18.5. The van der Waals surface area contributed by atoms with Crippen LogP contribution in [0.25, 0.3) is 0 Å². The molecular formula is C20H25ClN3O2+. The normalized spacial score (nSPS) is 16.3. The Morgan fingerprint density at radius 3 is 2.54 bits per heavy atom. The first-order chi connectivity index (χ1) is 12.6. The van der Waals surface area contributed by atoms with Gasteiger partial charge >= 0.3 is 0 Å². The molecule has 1 fully saturated rings. The SMILES string of the molecule is C[C@@H](C(=O)NCc1ccccc1Cl)[NH+]1CCN(c2ccccc2O)CC1. The Labute approximate surface area is 159 Å². The highest BCUT2D eigenvalue weighted by Crippen LogP contribution is 2.26. The minimum atomic E-state index is -0.121. The van der Waals surface area contributed by atoms with E-state index in [4.69, 9.17) is 11.6 Å². The number of phenolic OH excluding ortho intramolecular Hbond substituents is 1. The number of hydrogen-bond acceptors (Lipinski definition) is 3. The fraction of sp³-hybridized carbons (Fsp3) is 0.350. The highest BCUT2D eigenvalue weighted by Gasteiger charge is 2.29. The monoisotopic (exact) mass is 374 g/mol. The molecule has 1 amide bonds. The smallest absolute Gasteiger partial charge is 0.278 e. The second kappa shape index (κ2) is 8.43. The van der Waals surface area contributed by atoms with Gasteiger partial charge in [-0.05, 0) is 30.7 Å². The maximum absolute atomic E-state index is 12.5. The fourth-order valence-electron chi connectivity index (χ4n) is 3.36. The Morgan fingerprint density at radius 2 is 1.85 bits per heavy atom. The third-order valence-electron chi connectivity index (χ3n) is 5.04. The lowest BCUT2D eigenvalue weighted by Gasteiger charge is -2.36. The number of carbonyl (C=O) groups is 1. The van der Waals surface area contributed by atoms with Gasteiger partial charge in [-0.2, -0.15) is 0 Å². The minimum absolute atomic E-state index is 0.0379. The molecule has 0 saturated carbocycles. The summed E-state index contributed by atoms with van der Waals surface area (Å²) < 4.78 is 0. The predicted octanol–water partition coefficient (Wildman–Crippen LogP) is 1.46. The zero-order valence-corrected chi connectivity index (χ0v) is 15.7. The van der Waals surface area contributed by atoms with Crippen LogP contribution in [0, 0.1) is 0 Å². The van der Waals surface area contributed by atoms with Crippen molar-refractivity contribution in [1.29, 1.82) is 0 Å². The third kappa shape index (κ3) is 4.29. The van der Waals surface area contributed by atoms with Crippen molar-refractivity contribution in [3.63, 3.8) is 0 Å². The van der Waals surface area contributed by atoms with Crippen molar-refractivity contribution in [2.75, 3.05) is 31.1 Å². The molecule has 0 aromatic heterocycles. The quantitative estimate of drug-likeness (QED) is 0.742. The van der Waals surface area contributed by atoms with Crippen molar-refractivity contribution in [2.45, 2.75) is 19.5 Å². The Morgan fingerprint density at radius 1 is 1.19 bits per heavy atom. The summed E-state index contributed by atoms with van der Waals surface area (Å²) in [5.74, 6) is 0.345. The van der Waals surface area contributed by atoms with Crippen molar-refractivity contribution in [3.8, 4) is 5.75 Å². The van der Waals surface area contributed by atoms with E-state index < -0.39 is 0 Å². The number of carbonyl (C=O) groups excluding carboxylic acids is 1. The van der Waals surface area contributed by atoms with Crippen LogP contribution < -0.4 is 15.1 Å². The van der Waals surface area contributed by atoms with Crippen LogP contribution in [0.2, 0.25) is 5.02 Å². The standard InChI is InChI=1S/C20H24ClN3O2/c1-15(20(26)22-14-16-6-2-3-7-17(16)21)23-10-12-24(13-11-23)18-8-4-5-9-19(18)25/h2-9,15,25H,10-14H2,1H3,(H,22,26)/p+1/t15-/m0/s1. The maximum atomic E-state index is 12.5. The lowest BCUT2D eigenvalue weighted by atomic mass is 10.1. The number of benzene rings is 2. The van der Waals surface area contributed by atoms with Crippen LogP contribution in [0.5, 0.6) is 5.75 Å². The van der Waals surface area contributed by atoms with Crippen LogP contribution >= 0.6 is 11.6 Å². The van der Waals surface area contributed by atoms with Gasteiger partial charge in [0.1, 0.15) is 5.75 Å². The number of hydrogen-bond donors (Lipinski definition) is 3. The van der Waals surface area contributed by atoms with Crippen molar-refractivity contribution in [1.82, 2.24) is 5.32 Å². The average Bonchev–Trinajstić information content (AvgIpc) is 2.67. The van der Waals surface area contributed by atoms with Crippen LogP contribution in [0.4, 0.5) is 5.69 Å². The second-order valence-electron chi connectivity index (χ2n) is 6.66. The lowest BCUT2D eigenvalue weighted by molar-refractivity contribution is -0.914. The Hall–Kier alpha value is -2.24. The van der Waals surface area contributed by atoms with Gasteiger partial charge in [-0.1, -0.05) is 41.9 Å². The molecule has 0 radical (unpaired) electrons. The van der Waals surface area contributed by atoms with Crippen molar-refractivity contribution in [2.24, 2.45) is 0 Å². The first kappa shape index (κ1) is 18.5. The van der Waals surface area contributed by atoms with Crippen LogP contribution in [-0.2, 0) is 11.3 Å². The molecule has 0 bridgehead atoms. The summed E-state index contributed by atoms with van der Waals surface area (Å²) in [7, 11) is 0. The van der Waals surface area contributed by atoms with Crippen LogP contribution in [-0.4, -0.2) is 43.2 Å². The van der Waals surface area contributed by atoms with E-state index in [9.17, 15) is 9.90 Å². The van der Waals surface area contributed by atoms with E-state index in [1.54, 1.807) is 6.07 Å². The number of nitrogens with one attached hydrogen (secondary N) is 2. The number of aromatic hydroxyl groups is 1. The van der Waals surface area contributed by atoms with Crippen molar-refractivity contribution in [3.05, 3.63) is 59.1 Å². The van der Waals surface area contributed by atoms with Gasteiger partial charge in [-0.25, -0.2) is 0 Å². The molecule has 1 aliphatic rings. The number of nitrogens with zero attached hydrogens (tertiary/aromatic N) is 1. The van der Waals surface area contributed by atoms with Gasteiger partial charge in [0.15, 0.2) is 6.04 Å². The molecular weight excluding hydrogens is 350 g/mol. The molecule has 3 rings (SSSR count). The lowest BCUT2D eigenvalue weighted by Crippen LogP contribution is -3.19. The number of amides is 1. The van der Waals surface area contributed by atoms with E-state index in [0.29, 0.717) is 17.3 Å². The van der Waals surface area contributed by atoms with Crippen LogP contribution in [0.1, 0.15) is 12.5 Å². The summed E-state index contributed by atoms with van der Waals surface area (Å²) in [4.78, 5) is 15.9. The molecule has 1 atom stereocenters. The third-order valence-corrected chi connectivity index (χ3v) is 5.41. The zero-order valence-electron chi connectivity index (χ0n) is 14.9. The Balaban J connectivity index is 1.51. The number of phenols is 1. The van der Waals surface area contributed by atoms with E-state index in [1.165, 1.54) is 4.90 Å². The largest absolute Gasteiger partial charge is 0.506 e. The number of para-hydroxylation sites is 2. The maximum Gasteiger partial charge on any atom is 0.278 e. The van der Waals surface area contributed by atoms with Crippen LogP contribution in [0.15, 0.2) is 48.5 Å². The summed E-state index contributed by atoms with van der Waals surface area (Å²) in [5.41, 5.74) is 1.79.